The summed E-state index contributed by atoms with van der Waals surface area (Å²) in [4.78, 5) is 24.0. The highest BCUT2D eigenvalue weighted by Gasteiger charge is 2.31. The number of esters is 1. The molecule has 0 unspecified atom stereocenters. The summed E-state index contributed by atoms with van der Waals surface area (Å²) in [7, 11) is 1.42. The van der Waals surface area contributed by atoms with Gasteiger partial charge in [0.2, 0.25) is 0 Å². The van der Waals surface area contributed by atoms with Crippen LogP contribution in [0.3, 0.4) is 0 Å². The fourth-order valence-electron chi connectivity index (χ4n) is 2.39. The topological polar surface area (TPSA) is 73.9 Å². The molecule has 0 fully saturated rings. The van der Waals surface area contributed by atoms with Gasteiger partial charge in [0.1, 0.15) is 18.2 Å². The van der Waals surface area contributed by atoms with E-state index in [1.807, 2.05) is 0 Å². The summed E-state index contributed by atoms with van der Waals surface area (Å²) in [6.45, 7) is -0.605. The first-order chi connectivity index (χ1) is 14.6. The van der Waals surface area contributed by atoms with Crippen molar-refractivity contribution in [3.8, 4) is 5.75 Å². The van der Waals surface area contributed by atoms with E-state index in [2.05, 4.69) is 5.32 Å². The third kappa shape index (κ3) is 7.41. The van der Waals surface area contributed by atoms with Crippen molar-refractivity contribution in [2.45, 2.75) is 12.6 Å². The number of amides is 1. The molecule has 31 heavy (non-hydrogen) atoms. The van der Waals surface area contributed by atoms with Crippen LogP contribution in [0.2, 0.25) is 5.02 Å². The van der Waals surface area contributed by atoms with Gasteiger partial charge >= 0.3 is 12.1 Å². The number of halogens is 5. The summed E-state index contributed by atoms with van der Waals surface area (Å²) in [6, 6.07) is 6.41. The van der Waals surface area contributed by atoms with E-state index in [1.54, 1.807) is 0 Å². The lowest BCUT2D eigenvalue weighted by Gasteiger charge is -2.15. The molecule has 2 rings (SSSR count). The summed E-state index contributed by atoms with van der Waals surface area (Å²) in [5.74, 6) is -2.59. The molecule has 0 bridgehead atoms. The Morgan fingerprint density at radius 2 is 1.87 bits per heavy atom. The third-order valence-electron chi connectivity index (χ3n) is 3.87. The second kappa shape index (κ2) is 11.0. The lowest BCUT2D eigenvalue weighted by molar-refractivity contribution is -0.146. The van der Waals surface area contributed by atoms with Gasteiger partial charge in [-0.3, -0.25) is 9.59 Å². The highest BCUT2D eigenvalue weighted by Crippen LogP contribution is 2.35. The van der Waals surface area contributed by atoms with E-state index in [1.165, 1.54) is 19.2 Å². The Hall–Kier alpha value is -2.85. The Morgan fingerprint density at radius 3 is 2.52 bits per heavy atom. The lowest BCUT2D eigenvalue weighted by atomic mass is 10.1. The second-order valence-electron chi connectivity index (χ2n) is 6.14. The van der Waals surface area contributed by atoms with Gasteiger partial charge in [0, 0.05) is 17.7 Å². The van der Waals surface area contributed by atoms with Gasteiger partial charge in [-0.1, -0.05) is 17.7 Å². The number of anilines is 1. The van der Waals surface area contributed by atoms with Crippen LogP contribution in [0.1, 0.15) is 11.1 Å². The summed E-state index contributed by atoms with van der Waals surface area (Å²) in [6.07, 6.45) is -5.16. The minimum absolute atomic E-state index is 0.0169. The molecule has 168 valence electrons. The van der Waals surface area contributed by atoms with Crippen molar-refractivity contribution in [2.75, 3.05) is 32.2 Å². The molecule has 0 atom stereocenters. The monoisotopic (exact) mass is 463 g/mol. The van der Waals surface area contributed by atoms with Crippen molar-refractivity contribution in [2.24, 2.45) is 0 Å². The molecular formula is C20H18ClF4NO5. The number of hydrogen-bond acceptors (Lipinski definition) is 5. The molecule has 11 heteroatoms. The summed E-state index contributed by atoms with van der Waals surface area (Å²) in [5, 5.41) is 2.23. The van der Waals surface area contributed by atoms with Gasteiger partial charge in [0.05, 0.1) is 24.3 Å². The Balaban J connectivity index is 2.03. The lowest BCUT2D eigenvalue weighted by Crippen LogP contribution is -2.22. The Labute approximate surface area is 180 Å². The maximum absolute atomic E-state index is 13.7. The van der Waals surface area contributed by atoms with Crippen molar-refractivity contribution in [1.29, 1.82) is 0 Å². The molecule has 0 saturated carbocycles. The van der Waals surface area contributed by atoms with Crippen LogP contribution in [-0.2, 0) is 31.7 Å². The Kier molecular flexibility index (Phi) is 8.64. The largest absolute Gasteiger partial charge is 0.489 e. The Bertz CT molecular complexity index is 916. The molecule has 1 amide bonds. The molecular weight excluding hydrogens is 446 g/mol. The van der Waals surface area contributed by atoms with Gasteiger partial charge in [-0.2, -0.15) is 13.2 Å². The van der Waals surface area contributed by atoms with Crippen LogP contribution in [0.5, 0.6) is 5.75 Å². The number of rotatable bonds is 9. The molecule has 0 spiro atoms. The highest BCUT2D eigenvalue weighted by atomic mass is 35.5. The number of alkyl halides is 3. The molecule has 6 nitrogen and oxygen atoms in total. The number of benzene rings is 2. The van der Waals surface area contributed by atoms with Crippen molar-refractivity contribution in [1.82, 2.24) is 0 Å². The smallest absolute Gasteiger partial charge is 0.416 e. The van der Waals surface area contributed by atoms with Crippen molar-refractivity contribution in [3.63, 3.8) is 0 Å². The van der Waals surface area contributed by atoms with E-state index in [4.69, 9.17) is 25.8 Å². The first kappa shape index (κ1) is 24.4. The fourth-order valence-corrected chi connectivity index (χ4v) is 2.62. The predicted molar refractivity (Wildman–Crippen MR) is 104 cm³/mol. The van der Waals surface area contributed by atoms with Gasteiger partial charge in [0.15, 0.2) is 6.61 Å². The summed E-state index contributed by atoms with van der Waals surface area (Å²) in [5.41, 5.74) is -1.36. The Morgan fingerprint density at radius 1 is 1.13 bits per heavy atom. The number of carbonyl (C=O) groups excluding carboxylic acids is 2. The van der Waals surface area contributed by atoms with Gasteiger partial charge in [-0.15, -0.1) is 0 Å². The van der Waals surface area contributed by atoms with E-state index < -0.39 is 42.5 Å². The average Bonchev–Trinajstić information content (AvgIpc) is 2.70. The molecule has 0 heterocycles. The molecule has 1 N–H and O–H groups in total. The van der Waals surface area contributed by atoms with Crippen LogP contribution in [0.15, 0.2) is 36.4 Å². The molecule has 0 radical (unpaired) electrons. The van der Waals surface area contributed by atoms with Crippen LogP contribution in [0, 0.1) is 5.82 Å². The van der Waals surface area contributed by atoms with Crippen molar-refractivity contribution in [3.05, 3.63) is 58.4 Å². The second-order valence-corrected chi connectivity index (χ2v) is 6.54. The quantitative estimate of drug-likeness (QED) is 0.342. The summed E-state index contributed by atoms with van der Waals surface area (Å²) < 4.78 is 67.6. The van der Waals surface area contributed by atoms with Crippen molar-refractivity contribution < 1.29 is 41.4 Å². The van der Waals surface area contributed by atoms with E-state index in [9.17, 15) is 27.2 Å². The fraction of sp³-hybridized carbons (Fsp3) is 0.300. The number of nitrogens with one attached hydrogen (secondary N) is 1. The number of methoxy groups -OCH3 is 1. The first-order valence-electron chi connectivity index (χ1n) is 8.83. The minimum Gasteiger partial charge on any atom is -0.489 e. The van der Waals surface area contributed by atoms with Gasteiger partial charge < -0.3 is 19.5 Å². The van der Waals surface area contributed by atoms with Crippen LogP contribution in [0.25, 0.3) is 0 Å². The first-order valence-corrected chi connectivity index (χ1v) is 9.21. The third-order valence-corrected chi connectivity index (χ3v) is 4.23. The zero-order valence-corrected chi connectivity index (χ0v) is 17.0. The SMILES string of the molecule is COCCOc1ccc(C(F)(F)F)cc1NC(=O)COC(=O)Cc1c(F)cccc1Cl. The van der Waals surface area contributed by atoms with Gasteiger partial charge in [-0.05, 0) is 30.3 Å². The van der Waals surface area contributed by atoms with Crippen LogP contribution in [0.4, 0.5) is 23.2 Å². The zero-order valence-electron chi connectivity index (χ0n) is 16.2. The number of carbonyl (C=O) groups is 2. The average molecular weight is 464 g/mol. The maximum atomic E-state index is 13.7. The number of ether oxygens (including phenoxy) is 3. The maximum Gasteiger partial charge on any atom is 0.416 e. The van der Waals surface area contributed by atoms with Crippen LogP contribution >= 0.6 is 11.6 Å². The van der Waals surface area contributed by atoms with E-state index in [0.717, 1.165) is 18.2 Å². The molecule has 0 aliphatic heterocycles. The molecule has 2 aromatic rings. The molecule has 0 aliphatic carbocycles. The van der Waals surface area contributed by atoms with Crippen LogP contribution in [-0.4, -0.2) is 38.8 Å². The predicted octanol–water partition coefficient (Wildman–Crippen LogP) is 4.25. The minimum atomic E-state index is -4.64. The van der Waals surface area contributed by atoms with E-state index in [-0.39, 0.29) is 35.2 Å². The van der Waals surface area contributed by atoms with Crippen molar-refractivity contribution >= 4 is 29.2 Å². The van der Waals surface area contributed by atoms with E-state index >= 15 is 0 Å². The van der Waals surface area contributed by atoms with Gasteiger partial charge in [0.25, 0.3) is 5.91 Å². The van der Waals surface area contributed by atoms with Gasteiger partial charge in [-0.25, -0.2) is 4.39 Å². The summed E-state index contributed by atoms with van der Waals surface area (Å²) >= 11 is 5.82. The van der Waals surface area contributed by atoms with E-state index in [0.29, 0.717) is 6.07 Å². The number of hydrogen-bond donors (Lipinski definition) is 1. The highest BCUT2D eigenvalue weighted by molar-refractivity contribution is 6.31. The molecule has 0 saturated heterocycles. The molecule has 0 aromatic heterocycles. The normalized spacial score (nSPS) is 11.2. The van der Waals surface area contributed by atoms with Crippen LogP contribution < -0.4 is 10.1 Å². The zero-order chi connectivity index (χ0) is 23.0. The standard InChI is InChI=1S/C20H18ClF4NO5/c1-29-7-8-30-17-6-5-12(20(23,24)25)9-16(17)26-18(27)11-31-19(28)10-13-14(21)3-2-4-15(13)22/h2-6,9H,7-8,10-11H2,1H3,(H,26,27). The molecule has 0 aliphatic rings. The molecule has 2 aromatic carbocycles.